The van der Waals surface area contributed by atoms with Gasteiger partial charge in [0.2, 0.25) is 0 Å². The third-order valence-electron chi connectivity index (χ3n) is 4.08. The van der Waals surface area contributed by atoms with Gasteiger partial charge in [0, 0.05) is 16.5 Å². The first-order valence-electron chi connectivity index (χ1n) is 6.72. The summed E-state index contributed by atoms with van der Waals surface area (Å²) >= 11 is 5.91. The molecule has 0 fully saturated rings. The van der Waals surface area contributed by atoms with Gasteiger partial charge in [0.05, 0.1) is 5.56 Å². The van der Waals surface area contributed by atoms with Crippen LogP contribution in [0.25, 0.3) is 0 Å². The predicted molar refractivity (Wildman–Crippen MR) is 79.9 cm³/mol. The zero-order valence-electron chi connectivity index (χ0n) is 11.4. The molecular weight excluding hydrogens is 309 g/mol. The van der Waals surface area contributed by atoms with Crippen molar-refractivity contribution in [1.82, 2.24) is 0 Å². The number of rotatable bonds is 2. The standard InChI is InChI=1S/C16H13ClFNO3/c17-7-5-12-8(1-2-9(12)13(18)6-7)10-3-4-11(16(19)22)15(21)14(10)20/h3-6,8,20-21H,1-2H2,(H2,19,22)/t8-/m0/s1. The van der Waals surface area contributed by atoms with Gasteiger partial charge in [-0.25, -0.2) is 4.39 Å². The van der Waals surface area contributed by atoms with Gasteiger partial charge in [-0.15, -0.1) is 0 Å². The number of benzene rings is 2. The number of fused-ring (bicyclic) bond motifs is 1. The van der Waals surface area contributed by atoms with Crippen LogP contribution in [0.15, 0.2) is 24.3 Å². The van der Waals surface area contributed by atoms with E-state index in [9.17, 15) is 19.4 Å². The van der Waals surface area contributed by atoms with Crippen LogP contribution in [0.4, 0.5) is 4.39 Å². The van der Waals surface area contributed by atoms with Crippen LogP contribution in [0.3, 0.4) is 0 Å². The average molecular weight is 322 g/mol. The van der Waals surface area contributed by atoms with Crippen LogP contribution in [-0.4, -0.2) is 16.1 Å². The summed E-state index contributed by atoms with van der Waals surface area (Å²) in [5, 5.41) is 20.4. The number of phenolic OH excluding ortho intramolecular Hbond substituents is 1. The van der Waals surface area contributed by atoms with E-state index >= 15 is 0 Å². The van der Waals surface area contributed by atoms with Gasteiger partial charge in [0.25, 0.3) is 5.91 Å². The van der Waals surface area contributed by atoms with Crippen molar-refractivity contribution in [3.63, 3.8) is 0 Å². The van der Waals surface area contributed by atoms with Crippen molar-refractivity contribution in [2.24, 2.45) is 5.73 Å². The SMILES string of the molecule is NC(=O)c1ccc([C@@H]2CCc3c(F)cc(Cl)cc32)c(O)c1O. The fourth-order valence-electron chi connectivity index (χ4n) is 3.04. The lowest BCUT2D eigenvalue weighted by atomic mass is 9.91. The second kappa shape index (κ2) is 5.18. The first kappa shape index (κ1) is 14.7. The minimum atomic E-state index is -0.833. The fourth-order valence-corrected chi connectivity index (χ4v) is 3.25. The van der Waals surface area contributed by atoms with E-state index in [4.69, 9.17) is 17.3 Å². The molecule has 0 aromatic heterocycles. The molecule has 1 atom stereocenters. The Bertz CT molecular complexity index is 791. The Labute approximate surface area is 131 Å². The molecule has 0 bridgehead atoms. The second-order valence-corrected chi connectivity index (χ2v) is 5.75. The molecule has 6 heteroatoms. The fraction of sp³-hybridized carbons (Fsp3) is 0.188. The summed E-state index contributed by atoms with van der Waals surface area (Å²) in [6.45, 7) is 0. The minimum Gasteiger partial charge on any atom is -0.504 e. The highest BCUT2D eigenvalue weighted by atomic mass is 35.5. The summed E-state index contributed by atoms with van der Waals surface area (Å²) < 4.78 is 13.9. The Morgan fingerprint density at radius 2 is 1.95 bits per heavy atom. The lowest BCUT2D eigenvalue weighted by Crippen LogP contribution is -2.11. The number of amides is 1. The predicted octanol–water partition coefficient (Wildman–Crippen LogP) is 3.07. The Balaban J connectivity index is 2.13. The van der Waals surface area contributed by atoms with Gasteiger partial charge in [-0.1, -0.05) is 17.7 Å². The van der Waals surface area contributed by atoms with E-state index in [2.05, 4.69) is 0 Å². The number of nitrogens with two attached hydrogens (primary N) is 1. The molecule has 0 spiro atoms. The zero-order valence-corrected chi connectivity index (χ0v) is 12.2. The van der Waals surface area contributed by atoms with E-state index in [0.29, 0.717) is 29.5 Å². The molecular formula is C16H13ClFNO3. The molecule has 0 aliphatic heterocycles. The van der Waals surface area contributed by atoms with Gasteiger partial charge in [-0.3, -0.25) is 4.79 Å². The van der Waals surface area contributed by atoms with Gasteiger partial charge in [-0.2, -0.15) is 0 Å². The lowest BCUT2D eigenvalue weighted by Gasteiger charge is -2.16. The Morgan fingerprint density at radius 1 is 1.23 bits per heavy atom. The average Bonchev–Trinajstić information content (AvgIpc) is 2.85. The molecule has 1 aliphatic carbocycles. The lowest BCUT2D eigenvalue weighted by molar-refractivity contribution is 0.0997. The Morgan fingerprint density at radius 3 is 2.64 bits per heavy atom. The Kier molecular flexibility index (Phi) is 3.45. The van der Waals surface area contributed by atoms with Crippen LogP contribution < -0.4 is 5.73 Å². The van der Waals surface area contributed by atoms with Crippen molar-refractivity contribution < 1.29 is 19.4 Å². The number of hydrogen-bond acceptors (Lipinski definition) is 3. The number of aromatic hydroxyl groups is 2. The number of halogens is 2. The highest BCUT2D eigenvalue weighted by Gasteiger charge is 2.30. The summed E-state index contributed by atoms with van der Waals surface area (Å²) in [7, 11) is 0. The van der Waals surface area contributed by atoms with Crippen LogP contribution in [0.2, 0.25) is 5.02 Å². The molecule has 4 N–H and O–H groups in total. The van der Waals surface area contributed by atoms with E-state index in [1.807, 2.05) is 0 Å². The van der Waals surface area contributed by atoms with Crippen LogP contribution in [0.5, 0.6) is 11.5 Å². The molecule has 1 amide bonds. The first-order chi connectivity index (χ1) is 10.4. The second-order valence-electron chi connectivity index (χ2n) is 5.31. The topological polar surface area (TPSA) is 83.6 Å². The molecule has 3 rings (SSSR count). The van der Waals surface area contributed by atoms with Crippen molar-refractivity contribution in [1.29, 1.82) is 0 Å². The third kappa shape index (κ3) is 2.18. The van der Waals surface area contributed by atoms with Gasteiger partial charge in [0.1, 0.15) is 5.82 Å². The smallest absolute Gasteiger partial charge is 0.252 e. The number of hydrogen-bond donors (Lipinski definition) is 3. The van der Waals surface area contributed by atoms with Crippen LogP contribution in [0, 0.1) is 5.82 Å². The molecule has 114 valence electrons. The molecule has 4 nitrogen and oxygen atoms in total. The maximum atomic E-state index is 13.9. The van der Waals surface area contributed by atoms with Gasteiger partial charge in [-0.05, 0) is 42.2 Å². The van der Waals surface area contributed by atoms with Crippen LogP contribution in [-0.2, 0) is 6.42 Å². The molecule has 0 heterocycles. The van der Waals surface area contributed by atoms with Crippen molar-refractivity contribution in [2.45, 2.75) is 18.8 Å². The van der Waals surface area contributed by atoms with Crippen molar-refractivity contribution >= 4 is 17.5 Å². The van der Waals surface area contributed by atoms with Crippen molar-refractivity contribution in [3.05, 3.63) is 57.4 Å². The third-order valence-corrected chi connectivity index (χ3v) is 4.29. The molecule has 22 heavy (non-hydrogen) atoms. The largest absolute Gasteiger partial charge is 0.504 e. The number of phenols is 2. The van der Waals surface area contributed by atoms with E-state index in [1.54, 1.807) is 6.07 Å². The summed E-state index contributed by atoms with van der Waals surface area (Å²) in [6, 6.07) is 5.80. The van der Waals surface area contributed by atoms with Gasteiger partial charge >= 0.3 is 0 Å². The van der Waals surface area contributed by atoms with E-state index in [0.717, 1.165) is 0 Å². The number of carbonyl (C=O) groups is 1. The molecule has 0 unspecified atom stereocenters. The highest BCUT2D eigenvalue weighted by molar-refractivity contribution is 6.30. The molecule has 0 saturated heterocycles. The monoisotopic (exact) mass is 321 g/mol. The van der Waals surface area contributed by atoms with Gasteiger partial charge < -0.3 is 15.9 Å². The molecule has 2 aromatic rings. The van der Waals surface area contributed by atoms with Gasteiger partial charge in [0.15, 0.2) is 11.5 Å². The molecule has 2 aromatic carbocycles. The molecule has 0 saturated carbocycles. The molecule has 0 radical (unpaired) electrons. The van der Waals surface area contributed by atoms with E-state index in [1.165, 1.54) is 18.2 Å². The Hall–Kier alpha value is -2.27. The summed E-state index contributed by atoms with van der Waals surface area (Å²) in [4.78, 5) is 11.2. The minimum absolute atomic E-state index is 0.156. The van der Waals surface area contributed by atoms with E-state index in [-0.39, 0.29) is 22.3 Å². The highest BCUT2D eigenvalue weighted by Crippen LogP contribution is 2.46. The quantitative estimate of drug-likeness (QED) is 0.743. The van der Waals surface area contributed by atoms with Crippen molar-refractivity contribution in [3.8, 4) is 11.5 Å². The number of carbonyl (C=O) groups excluding carboxylic acids is 1. The zero-order chi connectivity index (χ0) is 16.0. The van der Waals surface area contributed by atoms with Crippen LogP contribution in [0.1, 0.15) is 39.4 Å². The maximum Gasteiger partial charge on any atom is 0.252 e. The normalized spacial score (nSPS) is 16.5. The number of primary amides is 1. The molecule has 1 aliphatic rings. The maximum absolute atomic E-state index is 13.9. The summed E-state index contributed by atoms with van der Waals surface area (Å²) in [6.07, 6.45) is 1.09. The van der Waals surface area contributed by atoms with E-state index < -0.39 is 17.4 Å². The van der Waals surface area contributed by atoms with Crippen LogP contribution >= 0.6 is 11.6 Å². The summed E-state index contributed by atoms with van der Waals surface area (Å²) in [5.74, 6) is -2.46. The van der Waals surface area contributed by atoms with Crippen molar-refractivity contribution in [2.75, 3.05) is 0 Å². The first-order valence-corrected chi connectivity index (χ1v) is 7.10. The summed E-state index contributed by atoms with van der Waals surface area (Å²) in [5.41, 5.74) is 6.64.